The topological polar surface area (TPSA) is 179 Å². The molecule has 5 N–H and O–H groups in total. The molecule has 0 bridgehead atoms. The van der Waals surface area contributed by atoms with Crippen LogP contribution < -0.4 is 10.6 Å². The lowest BCUT2D eigenvalue weighted by molar-refractivity contribution is -0.0636. The number of aliphatic hydroxyl groups excluding tert-OH is 2. The minimum absolute atomic E-state index is 0.0194. The van der Waals surface area contributed by atoms with E-state index in [2.05, 4.69) is 23.8 Å². The molecule has 2 saturated heterocycles. The first-order valence-electron chi connectivity index (χ1n) is 11.6. The van der Waals surface area contributed by atoms with E-state index in [9.17, 15) is 29.3 Å². The minimum Gasteiger partial charge on any atom is -0.394 e. The molecule has 14 nitrogen and oxygen atoms in total. The van der Waals surface area contributed by atoms with E-state index in [1.165, 1.54) is 16.0 Å². The van der Waals surface area contributed by atoms with Crippen LogP contribution in [0.3, 0.4) is 0 Å². The SMILES string of the molecule is C=C1NC(=O)N([C@H]2CC(O)[C@@H](COP(=O)(O)OC3C[C@H](N4C=C(C)C(=C)NC4=O)O[C@@H]3CO)O2)C=C1C. The zero-order valence-corrected chi connectivity index (χ0v) is 21.3. The molecule has 0 aliphatic carbocycles. The van der Waals surface area contributed by atoms with Gasteiger partial charge < -0.3 is 35.2 Å². The second-order valence-electron chi connectivity index (χ2n) is 9.14. The smallest absolute Gasteiger partial charge is 0.394 e. The number of amides is 4. The van der Waals surface area contributed by atoms with Crippen molar-refractivity contribution in [1.82, 2.24) is 20.4 Å². The summed E-state index contributed by atoms with van der Waals surface area (Å²) in [6.07, 6.45) is -2.75. The van der Waals surface area contributed by atoms with E-state index in [0.29, 0.717) is 22.5 Å². The highest BCUT2D eigenvalue weighted by molar-refractivity contribution is 7.47. The maximum absolute atomic E-state index is 12.7. The van der Waals surface area contributed by atoms with Crippen LogP contribution in [-0.2, 0) is 23.1 Å². The lowest BCUT2D eigenvalue weighted by Crippen LogP contribution is -2.45. The first-order chi connectivity index (χ1) is 17.4. The van der Waals surface area contributed by atoms with Crippen LogP contribution >= 0.6 is 7.82 Å². The Labute approximate surface area is 213 Å². The van der Waals surface area contributed by atoms with Crippen LogP contribution in [0.2, 0.25) is 0 Å². The Bertz CT molecular complexity index is 1090. The third kappa shape index (κ3) is 5.97. The van der Waals surface area contributed by atoms with Gasteiger partial charge in [-0.15, -0.1) is 0 Å². The van der Waals surface area contributed by atoms with Crippen LogP contribution in [0.1, 0.15) is 26.7 Å². The number of nitrogens with zero attached hydrogens (tertiary/aromatic N) is 2. The highest BCUT2D eigenvalue weighted by Gasteiger charge is 2.45. The molecule has 2 fully saturated rings. The molecule has 0 aromatic carbocycles. The number of carbonyl (C=O) groups excluding carboxylic acids is 2. The summed E-state index contributed by atoms with van der Waals surface area (Å²) in [5.41, 5.74) is 2.29. The molecule has 0 aromatic rings. The summed E-state index contributed by atoms with van der Waals surface area (Å²) in [4.78, 5) is 37.4. The van der Waals surface area contributed by atoms with Crippen molar-refractivity contribution in [2.45, 2.75) is 63.6 Å². The molecule has 204 valence electrons. The second kappa shape index (κ2) is 10.7. The highest BCUT2D eigenvalue weighted by atomic mass is 31.2. The van der Waals surface area contributed by atoms with Crippen LogP contribution in [0, 0.1) is 0 Å². The van der Waals surface area contributed by atoms with Gasteiger partial charge in [0.05, 0.1) is 19.3 Å². The quantitative estimate of drug-likeness (QED) is 0.277. The number of nitrogens with one attached hydrogen (secondary N) is 2. The van der Waals surface area contributed by atoms with Crippen molar-refractivity contribution in [3.63, 3.8) is 0 Å². The molecule has 0 saturated carbocycles. The zero-order valence-electron chi connectivity index (χ0n) is 20.4. The molecule has 4 rings (SSSR count). The lowest BCUT2D eigenvalue weighted by atomic mass is 10.1. The molecule has 4 aliphatic rings. The molecule has 4 aliphatic heterocycles. The zero-order chi connectivity index (χ0) is 27.1. The number of rotatable bonds is 8. The molecular formula is C22H31N4O10P. The number of phosphoric ester groups is 1. The van der Waals surface area contributed by atoms with E-state index in [4.69, 9.17) is 18.5 Å². The Morgan fingerprint density at radius 1 is 1.03 bits per heavy atom. The monoisotopic (exact) mass is 542 g/mol. The van der Waals surface area contributed by atoms with Gasteiger partial charge in [0.1, 0.15) is 30.8 Å². The van der Waals surface area contributed by atoms with Crippen molar-refractivity contribution >= 4 is 19.9 Å². The summed E-state index contributed by atoms with van der Waals surface area (Å²) in [6.45, 7) is 9.91. The Balaban J connectivity index is 1.34. The molecule has 4 heterocycles. The standard InChI is InChI=1S/C22H31N4O10P/c1-11-7-25(21(29)23-13(11)3)19-5-15(28)18(35-19)10-33-37(31,32)36-16-6-20(34-17(16)9-27)26-8-12(2)14(4)24-22(26)30/h7-8,15-20,27-28H,3-6,9-10H2,1-2H3,(H,23,29)(H,24,30)(H,31,32)/t15?,16?,17-,18-,19-,20-/m1/s1. The summed E-state index contributed by atoms with van der Waals surface area (Å²) >= 11 is 0. The molecule has 37 heavy (non-hydrogen) atoms. The summed E-state index contributed by atoms with van der Waals surface area (Å²) < 4.78 is 34.4. The summed E-state index contributed by atoms with van der Waals surface area (Å²) in [5, 5.41) is 25.2. The number of hydrogen-bond donors (Lipinski definition) is 5. The Hall–Kier alpha value is -2.55. The van der Waals surface area contributed by atoms with Gasteiger partial charge in [0.2, 0.25) is 0 Å². The molecule has 7 atom stereocenters. The third-order valence-electron chi connectivity index (χ3n) is 6.46. The van der Waals surface area contributed by atoms with E-state index in [0.717, 1.165) is 0 Å². The van der Waals surface area contributed by atoms with Gasteiger partial charge in [-0.1, -0.05) is 13.2 Å². The third-order valence-corrected chi connectivity index (χ3v) is 7.47. The predicted molar refractivity (Wildman–Crippen MR) is 127 cm³/mol. The largest absolute Gasteiger partial charge is 0.472 e. The van der Waals surface area contributed by atoms with E-state index in [1.54, 1.807) is 20.0 Å². The van der Waals surface area contributed by atoms with E-state index in [1.807, 2.05) is 0 Å². The number of urea groups is 2. The summed E-state index contributed by atoms with van der Waals surface area (Å²) in [5.74, 6) is 0. The molecule has 0 aromatic heterocycles. The van der Waals surface area contributed by atoms with Gasteiger partial charge >= 0.3 is 19.9 Å². The lowest BCUT2D eigenvalue weighted by Gasteiger charge is -2.30. The Morgan fingerprint density at radius 2 is 1.54 bits per heavy atom. The minimum atomic E-state index is -4.70. The van der Waals surface area contributed by atoms with Gasteiger partial charge in [-0.05, 0) is 25.0 Å². The molecule has 0 radical (unpaired) electrons. The van der Waals surface area contributed by atoms with Crippen molar-refractivity contribution in [3.05, 3.63) is 48.1 Å². The van der Waals surface area contributed by atoms with Crippen LogP contribution in [0.15, 0.2) is 48.1 Å². The normalized spacial score (nSPS) is 34.2. The summed E-state index contributed by atoms with van der Waals surface area (Å²) in [6, 6.07) is -0.979. The van der Waals surface area contributed by atoms with E-state index in [-0.39, 0.29) is 12.8 Å². The van der Waals surface area contributed by atoms with Gasteiger partial charge in [-0.2, -0.15) is 0 Å². The van der Waals surface area contributed by atoms with Crippen molar-refractivity contribution in [2.24, 2.45) is 0 Å². The molecule has 4 amide bonds. The van der Waals surface area contributed by atoms with Gasteiger partial charge in [0.15, 0.2) is 0 Å². The van der Waals surface area contributed by atoms with Gasteiger partial charge in [-0.3, -0.25) is 18.8 Å². The van der Waals surface area contributed by atoms with Crippen molar-refractivity contribution < 1.29 is 47.8 Å². The average molecular weight is 542 g/mol. The number of phosphoric acid groups is 1. The second-order valence-corrected chi connectivity index (χ2v) is 10.6. The summed E-state index contributed by atoms with van der Waals surface area (Å²) in [7, 11) is -4.70. The van der Waals surface area contributed by atoms with Crippen molar-refractivity contribution in [2.75, 3.05) is 13.2 Å². The molecule has 15 heteroatoms. The number of ether oxygens (including phenoxy) is 2. The van der Waals surface area contributed by atoms with Crippen LogP contribution in [0.5, 0.6) is 0 Å². The first kappa shape index (κ1) is 27.5. The Kier molecular flexibility index (Phi) is 7.93. The predicted octanol–water partition coefficient (Wildman–Crippen LogP) is 0.957. The maximum atomic E-state index is 12.7. The van der Waals surface area contributed by atoms with Crippen molar-refractivity contribution in [1.29, 1.82) is 0 Å². The van der Waals surface area contributed by atoms with Gasteiger partial charge in [-0.25, -0.2) is 14.2 Å². The average Bonchev–Trinajstić information content (AvgIpc) is 3.39. The number of hydrogen-bond acceptors (Lipinski definition) is 9. The number of carbonyl (C=O) groups is 2. The Morgan fingerprint density at radius 3 is 2.08 bits per heavy atom. The fourth-order valence-corrected chi connectivity index (χ4v) is 5.21. The number of allylic oxidation sites excluding steroid dienone is 2. The van der Waals surface area contributed by atoms with E-state index >= 15 is 0 Å². The molecule has 0 spiro atoms. The molecule has 3 unspecified atom stereocenters. The van der Waals surface area contributed by atoms with Crippen LogP contribution in [0.4, 0.5) is 9.59 Å². The number of aliphatic hydroxyl groups is 2. The first-order valence-corrected chi connectivity index (χ1v) is 13.1. The van der Waals surface area contributed by atoms with Gasteiger partial charge in [0.25, 0.3) is 0 Å². The maximum Gasteiger partial charge on any atom is 0.472 e. The van der Waals surface area contributed by atoms with Gasteiger partial charge in [0, 0.05) is 36.6 Å². The van der Waals surface area contributed by atoms with Crippen LogP contribution in [0.25, 0.3) is 0 Å². The van der Waals surface area contributed by atoms with E-state index < -0.39 is 70.0 Å². The van der Waals surface area contributed by atoms with Crippen LogP contribution in [-0.4, -0.2) is 87.1 Å². The fourth-order valence-electron chi connectivity index (χ4n) is 4.25. The van der Waals surface area contributed by atoms with Crippen molar-refractivity contribution in [3.8, 4) is 0 Å². The molecular weight excluding hydrogens is 511 g/mol. The fraction of sp³-hybridized carbons (Fsp3) is 0.545. The highest BCUT2D eigenvalue weighted by Crippen LogP contribution is 2.48.